The molecule has 0 spiro atoms. The van der Waals surface area contributed by atoms with Crippen molar-refractivity contribution < 1.29 is 14.3 Å². The van der Waals surface area contributed by atoms with E-state index >= 15 is 0 Å². The molecule has 0 unspecified atom stereocenters. The van der Waals surface area contributed by atoms with E-state index in [0.29, 0.717) is 24.8 Å². The maximum Gasteiger partial charge on any atom is 0.219 e. The van der Waals surface area contributed by atoms with E-state index in [0.717, 1.165) is 62.8 Å². The molecule has 2 fully saturated rings. The van der Waals surface area contributed by atoms with Gasteiger partial charge in [-0.25, -0.2) is 0 Å². The Morgan fingerprint density at radius 3 is 2.45 bits per heavy atom. The van der Waals surface area contributed by atoms with Crippen LogP contribution in [0.15, 0.2) is 23.2 Å². The van der Waals surface area contributed by atoms with Crippen LogP contribution in [0, 0.1) is 0 Å². The maximum atomic E-state index is 11.6. The summed E-state index contributed by atoms with van der Waals surface area (Å²) in [5.74, 6) is 1.87. The lowest BCUT2D eigenvalue weighted by atomic mass is 9.73. The summed E-state index contributed by atoms with van der Waals surface area (Å²) in [6.45, 7) is 9.52. The van der Waals surface area contributed by atoms with Crippen LogP contribution in [0.5, 0.6) is 5.75 Å². The minimum Gasteiger partial charge on any atom is -0.496 e. The number of benzene rings is 1. The zero-order valence-corrected chi connectivity index (χ0v) is 21.7. The van der Waals surface area contributed by atoms with E-state index in [1.165, 1.54) is 0 Å². The Morgan fingerprint density at radius 1 is 1.23 bits per heavy atom. The van der Waals surface area contributed by atoms with Gasteiger partial charge in [0.1, 0.15) is 5.75 Å². The summed E-state index contributed by atoms with van der Waals surface area (Å²) in [7, 11) is 1.70. The number of guanidine groups is 1. The molecule has 2 aliphatic rings. The molecule has 1 aromatic carbocycles. The zero-order valence-electron chi connectivity index (χ0n) is 18.7. The second kappa shape index (κ2) is 12.1. The molecule has 0 aromatic heterocycles. The largest absolute Gasteiger partial charge is 0.496 e. The van der Waals surface area contributed by atoms with Crippen LogP contribution in [0.1, 0.15) is 32.3 Å². The molecule has 1 N–H and O–H groups in total. The third-order valence-corrected chi connectivity index (χ3v) is 6.31. The number of rotatable bonds is 5. The Morgan fingerprint density at radius 2 is 1.87 bits per heavy atom. The number of amides is 1. The molecule has 174 valence electrons. The highest BCUT2D eigenvalue weighted by atomic mass is 127. The van der Waals surface area contributed by atoms with E-state index in [-0.39, 0.29) is 35.3 Å². The first-order chi connectivity index (χ1) is 14.5. The van der Waals surface area contributed by atoms with Gasteiger partial charge in [-0.15, -0.1) is 24.0 Å². The number of nitrogens with one attached hydrogen (secondary N) is 1. The third-order valence-electron chi connectivity index (χ3n) is 6.07. The summed E-state index contributed by atoms with van der Waals surface area (Å²) in [4.78, 5) is 20.8. The number of aliphatic imine (C=N–C) groups is 1. The molecule has 31 heavy (non-hydrogen) atoms. The summed E-state index contributed by atoms with van der Waals surface area (Å²) < 4.78 is 11.3. The molecule has 1 aromatic rings. The number of carbonyl (C=O) groups excluding carboxylic acids is 1. The van der Waals surface area contributed by atoms with Gasteiger partial charge >= 0.3 is 0 Å². The highest BCUT2D eigenvalue weighted by molar-refractivity contribution is 14.0. The second-order valence-electron chi connectivity index (χ2n) is 7.90. The molecule has 0 bridgehead atoms. The fourth-order valence-electron chi connectivity index (χ4n) is 4.25. The molecule has 2 saturated heterocycles. The molecular weight excluding hydrogens is 531 g/mol. The molecule has 0 atom stereocenters. The third kappa shape index (κ3) is 6.38. The van der Waals surface area contributed by atoms with Crippen molar-refractivity contribution in [2.24, 2.45) is 4.99 Å². The SMILES string of the molecule is CCNC(=NCC1(c2cc(Cl)ccc2OC)CCOCC1)N1CCN(C(C)=O)CC1.I. The predicted octanol–water partition coefficient (Wildman–Crippen LogP) is 3.14. The second-order valence-corrected chi connectivity index (χ2v) is 8.34. The van der Waals surface area contributed by atoms with Crippen molar-refractivity contribution in [2.45, 2.75) is 32.1 Å². The van der Waals surface area contributed by atoms with E-state index < -0.39 is 0 Å². The number of ether oxygens (including phenoxy) is 2. The number of methoxy groups -OCH3 is 1. The number of halogens is 2. The van der Waals surface area contributed by atoms with E-state index in [9.17, 15) is 4.79 Å². The zero-order chi connectivity index (χ0) is 21.6. The summed E-state index contributed by atoms with van der Waals surface area (Å²) in [5.41, 5.74) is 0.915. The van der Waals surface area contributed by atoms with Crippen molar-refractivity contribution in [3.05, 3.63) is 28.8 Å². The molecule has 9 heteroatoms. The smallest absolute Gasteiger partial charge is 0.219 e. The normalized spacial score (nSPS) is 18.9. The standard InChI is InChI=1S/C22H33ClN4O3.HI/c1-4-24-21(27-11-9-26(10-12-27)17(2)28)25-16-22(7-13-30-14-8-22)19-15-18(23)5-6-20(19)29-3;/h5-6,15H,4,7-14,16H2,1-3H3,(H,24,25);1H. The van der Waals surface area contributed by atoms with E-state index in [2.05, 4.69) is 17.1 Å². The Bertz CT molecular complexity index is 763. The maximum absolute atomic E-state index is 11.6. The van der Waals surface area contributed by atoms with Crippen LogP contribution < -0.4 is 10.1 Å². The molecular formula is C22H34ClIN4O3. The van der Waals surface area contributed by atoms with Crippen LogP contribution in [0.3, 0.4) is 0 Å². The van der Waals surface area contributed by atoms with Crippen LogP contribution >= 0.6 is 35.6 Å². The molecule has 2 heterocycles. The van der Waals surface area contributed by atoms with Crippen LogP contribution in [-0.2, 0) is 14.9 Å². The van der Waals surface area contributed by atoms with Gasteiger partial charge in [0.2, 0.25) is 5.91 Å². The van der Waals surface area contributed by atoms with E-state index in [1.807, 2.05) is 23.1 Å². The molecule has 7 nitrogen and oxygen atoms in total. The van der Waals surface area contributed by atoms with Crippen molar-refractivity contribution in [3.8, 4) is 5.75 Å². The van der Waals surface area contributed by atoms with Gasteiger partial charge < -0.3 is 24.6 Å². The summed E-state index contributed by atoms with van der Waals surface area (Å²) >= 11 is 6.35. The molecule has 0 radical (unpaired) electrons. The number of hydrogen-bond donors (Lipinski definition) is 1. The molecule has 3 rings (SSSR count). The lowest BCUT2D eigenvalue weighted by Gasteiger charge is -2.39. The van der Waals surface area contributed by atoms with Crippen molar-refractivity contribution in [1.82, 2.24) is 15.1 Å². The van der Waals surface area contributed by atoms with Gasteiger partial charge in [-0.05, 0) is 38.0 Å². The van der Waals surface area contributed by atoms with Gasteiger partial charge in [-0.2, -0.15) is 0 Å². The Hall–Kier alpha value is -1.26. The number of hydrogen-bond acceptors (Lipinski definition) is 4. The average molecular weight is 565 g/mol. The quantitative estimate of drug-likeness (QED) is 0.338. The monoisotopic (exact) mass is 564 g/mol. The van der Waals surface area contributed by atoms with Crippen LogP contribution in [-0.4, -0.2) is 81.3 Å². The fraction of sp³-hybridized carbons (Fsp3) is 0.636. The van der Waals surface area contributed by atoms with Gasteiger partial charge in [0, 0.05) is 68.9 Å². The van der Waals surface area contributed by atoms with Gasteiger partial charge in [-0.3, -0.25) is 9.79 Å². The predicted molar refractivity (Wildman–Crippen MR) is 135 cm³/mol. The van der Waals surface area contributed by atoms with Gasteiger partial charge in [0.25, 0.3) is 0 Å². The number of carbonyl (C=O) groups is 1. The van der Waals surface area contributed by atoms with Gasteiger partial charge in [0.15, 0.2) is 5.96 Å². The van der Waals surface area contributed by atoms with Crippen molar-refractivity contribution in [1.29, 1.82) is 0 Å². The lowest BCUT2D eigenvalue weighted by molar-refractivity contribution is -0.130. The van der Waals surface area contributed by atoms with E-state index in [1.54, 1.807) is 14.0 Å². The number of nitrogens with zero attached hydrogens (tertiary/aromatic N) is 3. The minimum absolute atomic E-state index is 0. The Kier molecular flexibility index (Phi) is 10.2. The van der Waals surface area contributed by atoms with Crippen molar-refractivity contribution in [3.63, 3.8) is 0 Å². The minimum atomic E-state index is -0.184. The summed E-state index contributed by atoms with van der Waals surface area (Å²) in [6.07, 6.45) is 1.73. The molecule has 0 saturated carbocycles. The summed E-state index contributed by atoms with van der Waals surface area (Å²) in [5, 5.41) is 4.13. The highest BCUT2D eigenvalue weighted by Gasteiger charge is 2.37. The highest BCUT2D eigenvalue weighted by Crippen LogP contribution is 2.41. The van der Waals surface area contributed by atoms with Gasteiger partial charge in [-0.1, -0.05) is 11.6 Å². The van der Waals surface area contributed by atoms with Crippen molar-refractivity contribution in [2.75, 3.05) is 59.6 Å². The average Bonchev–Trinajstić information content (AvgIpc) is 2.77. The first-order valence-electron chi connectivity index (χ1n) is 10.7. The van der Waals surface area contributed by atoms with Crippen LogP contribution in [0.4, 0.5) is 0 Å². The summed E-state index contributed by atoms with van der Waals surface area (Å²) in [6, 6.07) is 5.81. The lowest BCUT2D eigenvalue weighted by Crippen LogP contribution is -2.53. The molecule has 2 aliphatic heterocycles. The first kappa shape index (κ1) is 26.0. The molecule has 1 amide bonds. The molecule has 0 aliphatic carbocycles. The fourth-order valence-corrected chi connectivity index (χ4v) is 4.43. The number of piperazine rings is 1. The van der Waals surface area contributed by atoms with Crippen molar-refractivity contribution >= 4 is 47.4 Å². The Balaban J connectivity index is 0.00000341. The van der Waals surface area contributed by atoms with Crippen LogP contribution in [0.2, 0.25) is 5.02 Å². The first-order valence-corrected chi connectivity index (χ1v) is 11.1. The van der Waals surface area contributed by atoms with Gasteiger partial charge in [0.05, 0.1) is 13.7 Å². The topological polar surface area (TPSA) is 66.4 Å². The van der Waals surface area contributed by atoms with E-state index in [4.69, 9.17) is 26.1 Å². The Labute approximate surface area is 207 Å². The van der Waals surface area contributed by atoms with Crippen LogP contribution in [0.25, 0.3) is 0 Å².